The van der Waals surface area contributed by atoms with Crippen LogP contribution >= 0.6 is 15.9 Å². The normalized spacial score (nSPS) is 15.8. The van der Waals surface area contributed by atoms with E-state index in [0.29, 0.717) is 12.2 Å². The Kier molecular flexibility index (Phi) is 4.66. The van der Waals surface area contributed by atoms with E-state index in [1.54, 1.807) is 6.07 Å². The van der Waals surface area contributed by atoms with Crippen LogP contribution in [0.15, 0.2) is 27.8 Å². The molecule has 0 spiro atoms. The number of amidine groups is 1. The molecule has 2 rings (SSSR count). The van der Waals surface area contributed by atoms with Crippen LogP contribution in [-0.2, 0) is 0 Å². The highest BCUT2D eigenvalue weighted by atomic mass is 79.9. The van der Waals surface area contributed by atoms with Crippen molar-refractivity contribution in [1.29, 1.82) is 0 Å². The van der Waals surface area contributed by atoms with Gasteiger partial charge in [0.2, 0.25) is 0 Å². The van der Waals surface area contributed by atoms with Gasteiger partial charge in [0.05, 0.1) is 0 Å². The lowest BCUT2D eigenvalue weighted by Gasteiger charge is -2.16. The number of hydrogen-bond acceptors (Lipinski definition) is 4. The van der Waals surface area contributed by atoms with Gasteiger partial charge in [-0.1, -0.05) is 5.16 Å². The van der Waals surface area contributed by atoms with Gasteiger partial charge in [0.25, 0.3) is 0 Å². The molecule has 6 heteroatoms. The Morgan fingerprint density at radius 2 is 2.32 bits per heavy atom. The summed E-state index contributed by atoms with van der Waals surface area (Å²) in [4.78, 5) is 2.32. The van der Waals surface area contributed by atoms with Gasteiger partial charge >= 0.3 is 0 Å². The van der Waals surface area contributed by atoms with E-state index < -0.39 is 0 Å². The molecule has 0 saturated heterocycles. The van der Waals surface area contributed by atoms with Crippen LogP contribution in [0.1, 0.15) is 18.4 Å². The number of halogens is 1. The van der Waals surface area contributed by atoms with Crippen molar-refractivity contribution in [3.05, 3.63) is 28.2 Å². The summed E-state index contributed by atoms with van der Waals surface area (Å²) in [5.41, 5.74) is 6.19. The number of likely N-dealkylation sites (N-methyl/N-ethyl adjacent to an activating group) is 1. The Balaban J connectivity index is 1.88. The van der Waals surface area contributed by atoms with Crippen molar-refractivity contribution in [2.24, 2.45) is 10.9 Å². The summed E-state index contributed by atoms with van der Waals surface area (Å²) in [6.07, 6.45) is 2.60. The van der Waals surface area contributed by atoms with Crippen LogP contribution < -0.4 is 10.5 Å². The van der Waals surface area contributed by atoms with Gasteiger partial charge in [0.1, 0.15) is 12.4 Å². The van der Waals surface area contributed by atoms with Crippen LogP contribution in [0.2, 0.25) is 0 Å². The molecule has 0 heterocycles. The molecule has 0 bridgehead atoms. The third-order valence-corrected chi connectivity index (χ3v) is 3.86. The summed E-state index contributed by atoms with van der Waals surface area (Å²) in [7, 11) is 2.12. The first-order valence-electron chi connectivity index (χ1n) is 6.22. The highest BCUT2D eigenvalue weighted by Gasteiger charge is 2.25. The molecule has 0 aromatic heterocycles. The van der Waals surface area contributed by atoms with Crippen LogP contribution in [0, 0.1) is 0 Å². The fourth-order valence-electron chi connectivity index (χ4n) is 1.85. The summed E-state index contributed by atoms with van der Waals surface area (Å²) in [6.45, 7) is 1.58. The minimum absolute atomic E-state index is 0.0758. The maximum atomic E-state index is 8.65. The van der Waals surface area contributed by atoms with E-state index in [4.69, 9.17) is 15.7 Å². The fraction of sp³-hybridized carbons (Fsp3) is 0.462. The van der Waals surface area contributed by atoms with Crippen molar-refractivity contribution < 1.29 is 9.94 Å². The molecular weight excluding hydrogens is 310 g/mol. The van der Waals surface area contributed by atoms with E-state index in [1.807, 2.05) is 12.1 Å². The summed E-state index contributed by atoms with van der Waals surface area (Å²) >= 11 is 3.38. The van der Waals surface area contributed by atoms with Crippen molar-refractivity contribution in [3.63, 3.8) is 0 Å². The van der Waals surface area contributed by atoms with Gasteiger partial charge in [-0.15, -0.1) is 0 Å². The second kappa shape index (κ2) is 6.25. The van der Waals surface area contributed by atoms with Gasteiger partial charge in [0.15, 0.2) is 5.84 Å². The third kappa shape index (κ3) is 3.84. The molecule has 5 nitrogen and oxygen atoms in total. The van der Waals surface area contributed by atoms with E-state index in [0.717, 1.165) is 22.8 Å². The van der Waals surface area contributed by atoms with Gasteiger partial charge < -0.3 is 20.6 Å². The number of rotatable bonds is 6. The molecule has 0 radical (unpaired) electrons. The van der Waals surface area contributed by atoms with E-state index in [-0.39, 0.29) is 5.84 Å². The smallest absolute Gasteiger partial charge is 0.171 e. The first kappa shape index (κ1) is 14.1. The number of nitrogens with two attached hydrogens (primary N) is 1. The number of ether oxygens (including phenoxy) is 1. The highest BCUT2D eigenvalue weighted by Crippen LogP contribution is 2.25. The van der Waals surface area contributed by atoms with Crippen LogP contribution in [0.25, 0.3) is 0 Å². The first-order valence-corrected chi connectivity index (χ1v) is 7.01. The Bertz CT molecular complexity index is 475. The average molecular weight is 328 g/mol. The van der Waals surface area contributed by atoms with Crippen molar-refractivity contribution in [1.82, 2.24) is 4.90 Å². The van der Waals surface area contributed by atoms with E-state index in [9.17, 15) is 0 Å². The Hall–Kier alpha value is -1.27. The zero-order valence-electron chi connectivity index (χ0n) is 10.8. The Labute approximate surface area is 121 Å². The van der Waals surface area contributed by atoms with Crippen LogP contribution in [0.5, 0.6) is 5.75 Å². The van der Waals surface area contributed by atoms with Crippen molar-refractivity contribution in [2.75, 3.05) is 20.2 Å². The molecular formula is C13H18BrN3O2. The van der Waals surface area contributed by atoms with Gasteiger partial charge in [-0.05, 0) is 54.0 Å². The monoisotopic (exact) mass is 327 g/mol. The lowest BCUT2D eigenvalue weighted by atomic mass is 10.2. The van der Waals surface area contributed by atoms with E-state index in [2.05, 4.69) is 33.0 Å². The fourth-order valence-corrected chi connectivity index (χ4v) is 2.41. The number of nitrogens with zero attached hydrogens (tertiary/aromatic N) is 2. The highest BCUT2D eigenvalue weighted by molar-refractivity contribution is 9.10. The molecule has 1 aromatic rings. The number of oxime groups is 1. The van der Waals surface area contributed by atoms with E-state index >= 15 is 0 Å². The molecule has 1 fully saturated rings. The van der Waals surface area contributed by atoms with Gasteiger partial charge in [-0.3, -0.25) is 0 Å². The molecule has 19 heavy (non-hydrogen) atoms. The minimum Gasteiger partial charge on any atom is -0.492 e. The lowest BCUT2D eigenvalue weighted by molar-refractivity contribution is 0.232. The third-order valence-electron chi connectivity index (χ3n) is 3.21. The molecule has 0 unspecified atom stereocenters. The predicted octanol–water partition coefficient (Wildman–Crippen LogP) is 2.02. The van der Waals surface area contributed by atoms with Crippen molar-refractivity contribution in [2.45, 2.75) is 18.9 Å². The standard InChI is InChI=1S/C13H18BrN3O2/c1-17(9-2-3-9)6-7-19-10-4-5-11(12(14)8-10)13(15)16-18/h4-5,8-9,18H,2-3,6-7H2,1H3,(H2,15,16). The van der Waals surface area contributed by atoms with Crippen LogP contribution in [0.4, 0.5) is 0 Å². The maximum absolute atomic E-state index is 8.65. The van der Waals surface area contributed by atoms with Gasteiger partial charge in [0, 0.05) is 22.6 Å². The molecule has 1 aromatic carbocycles. The van der Waals surface area contributed by atoms with Gasteiger partial charge in [-0.2, -0.15) is 0 Å². The number of benzene rings is 1. The summed E-state index contributed by atoms with van der Waals surface area (Å²) in [5.74, 6) is 0.845. The second-order valence-electron chi connectivity index (χ2n) is 4.69. The Morgan fingerprint density at radius 3 is 2.89 bits per heavy atom. The molecule has 1 aliphatic rings. The summed E-state index contributed by atoms with van der Waals surface area (Å²) in [5, 5.41) is 11.6. The molecule has 0 aliphatic heterocycles. The first-order chi connectivity index (χ1) is 9.11. The maximum Gasteiger partial charge on any atom is 0.171 e. The predicted molar refractivity (Wildman–Crippen MR) is 77.8 cm³/mol. The zero-order chi connectivity index (χ0) is 13.8. The average Bonchev–Trinajstić information content (AvgIpc) is 3.22. The molecule has 1 aliphatic carbocycles. The molecule has 3 N–H and O–H groups in total. The molecule has 0 atom stereocenters. The largest absolute Gasteiger partial charge is 0.492 e. The summed E-state index contributed by atoms with van der Waals surface area (Å²) in [6, 6.07) is 6.15. The van der Waals surface area contributed by atoms with Crippen LogP contribution in [0.3, 0.4) is 0 Å². The van der Waals surface area contributed by atoms with Crippen molar-refractivity contribution >= 4 is 21.8 Å². The van der Waals surface area contributed by atoms with Crippen molar-refractivity contribution in [3.8, 4) is 5.75 Å². The molecule has 104 valence electrons. The minimum atomic E-state index is 0.0758. The lowest BCUT2D eigenvalue weighted by Crippen LogP contribution is -2.26. The van der Waals surface area contributed by atoms with E-state index in [1.165, 1.54) is 12.8 Å². The molecule has 0 amide bonds. The van der Waals surface area contributed by atoms with Crippen LogP contribution in [-0.4, -0.2) is 42.2 Å². The zero-order valence-corrected chi connectivity index (χ0v) is 12.4. The quantitative estimate of drug-likeness (QED) is 0.363. The SMILES string of the molecule is CN(CCOc1ccc(/C(N)=N/O)c(Br)c1)C1CC1. The Morgan fingerprint density at radius 1 is 1.58 bits per heavy atom. The summed E-state index contributed by atoms with van der Waals surface area (Å²) < 4.78 is 6.44. The van der Waals surface area contributed by atoms with Gasteiger partial charge in [-0.25, -0.2) is 0 Å². The molecule has 1 saturated carbocycles. The second-order valence-corrected chi connectivity index (χ2v) is 5.54. The topological polar surface area (TPSA) is 71.1 Å². The number of hydrogen-bond donors (Lipinski definition) is 2.